The van der Waals surface area contributed by atoms with Gasteiger partial charge in [-0.05, 0) is 62.9 Å². The monoisotopic (exact) mass is 425 g/mol. The van der Waals surface area contributed by atoms with E-state index in [4.69, 9.17) is 4.74 Å². The van der Waals surface area contributed by atoms with Crippen molar-refractivity contribution in [2.24, 2.45) is 13.0 Å². The van der Waals surface area contributed by atoms with Gasteiger partial charge >= 0.3 is 6.03 Å². The summed E-state index contributed by atoms with van der Waals surface area (Å²) < 4.78 is 7.00. The summed E-state index contributed by atoms with van der Waals surface area (Å²) in [5, 5.41) is 7.24. The van der Waals surface area contributed by atoms with Crippen LogP contribution in [0.15, 0.2) is 36.7 Å². The van der Waals surface area contributed by atoms with Crippen molar-refractivity contribution in [1.29, 1.82) is 0 Å². The number of piperidine rings is 1. The number of hydrogen-bond acceptors (Lipinski definition) is 5. The van der Waals surface area contributed by atoms with E-state index in [1.54, 1.807) is 7.11 Å². The highest BCUT2D eigenvalue weighted by molar-refractivity contribution is 6.07. The minimum absolute atomic E-state index is 0.100. The number of likely N-dealkylation sites (tertiary alicyclic amines) is 1. The maximum atomic E-state index is 13.2. The topological polar surface area (TPSA) is 79.7 Å². The molecule has 2 fully saturated rings. The number of urea groups is 1. The third-order valence-corrected chi connectivity index (χ3v) is 6.65. The number of amides is 3. The maximum Gasteiger partial charge on any atom is 0.325 e. The molecule has 2 aromatic rings. The summed E-state index contributed by atoms with van der Waals surface area (Å²) in [5.41, 5.74) is 1.44. The van der Waals surface area contributed by atoms with Gasteiger partial charge in [-0.3, -0.25) is 19.3 Å². The van der Waals surface area contributed by atoms with Gasteiger partial charge in [-0.2, -0.15) is 5.10 Å². The van der Waals surface area contributed by atoms with E-state index >= 15 is 0 Å². The van der Waals surface area contributed by atoms with Crippen LogP contribution in [0.5, 0.6) is 5.75 Å². The molecule has 1 N–H and O–H groups in total. The van der Waals surface area contributed by atoms with Crippen LogP contribution in [0, 0.1) is 5.92 Å². The number of benzene rings is 1. The number of ether oxygens (including phenoxy) is 1. The first-order chi connectivity index (χ1) is 14.9. The molecular formula is C23H31N5O3. The molecule has 3 heterocycles. The molecule has 1 aromatic carbocycles. The fraction of sp³-hybridized carbons (Fsp3) is 0.522. The van der Waals surface area contributed by atoms with E-state index in [9.17, 15) is 9.59 Å². The summed E-state index contributed by atoms with van der Waals surface area (Å²) in [7, 11) is 3.55. The van der Waals surface area contributed by atoms with Crippen LogP contribution in [0.25, 0.3) is 0 Å². The average molecular weight is 426 g/mol. The predicted octanol–water partition coefficient (Wildman–Crippen LogP) is 2.19. The number of aryl methyl sites for hydroxylation is 1. The highest BCUT2D eigenvalue weighted by Gasteiger charge is 2.52. The second kappa shape index (κ2) is 8.70. The molecule has 2 aliphatic heterocycles. The molecule has 0 aliphatic carbocycles. The number of methoxy groups -OCH3 is 1. The lowest BCUT2D eigenvalue weighted by atomic mass is 9.79. The Bertz CT molecular complexity index is 933. The Balaban J connectivity index is 1.33. The number of nitrogens with zero attached hydrogens (tertiary/aromatic N) is 4. The van der Waals surface area contributed by atoms with Crippen molar-refractivity contribution in [3.05, 3.63) is 47.8 Å². The maximum absolute atomic E-state index is 13.2. The van der Waals surface area contributed by atoms with Crippen molar-refractivity contribution < 1.29 is 14.3 Å². The molecule has 8 nitrogen and oxygen atoms in total. The molecule has 0 radical (unpaired) electrons. The lowest BCUT2D eigenvalue weighted by Crippen LogP contribution is -2.53. The van der Waals surface area contributed by atoms with Crippen molar-refractivity contribution in [3.8, 4) is 5.75 Å². The molecule has 3 amide bonds. The fourth-order valence-electron chi connectivity index (χ4n) is 4.71. The Morgan fingerprint density at radius 3 is 2.48 bits per heavy atom. The zero-order valence-corrected chi connectivity index (χ0v) is 18.5. The van der Waals surface area contributed by atoms with Gasteiger partial charge in [0.05, 0.1) is 13.3 Å². The molecule has 2 saturated heterocycles. The molecule has 2 aliphatic rings. The molecule has 0 saturated carbocycles. The Morgan fingerprint density at radius 2 is 1.87 bits per heavy atom. The SMILES string of the molecule is COc1ccc(CCN2C(=O)N[C@@](C)(C3CCN(Cc4cnn(C)c4)CC3)C2=O)cc1. The quantitative estimate of drug-likeness (QED) is 0.688. The van der Waals surface area contributed by atoms with E-state index in [0.29, 0.717) is 13.0 Å². The van der Waals surface area contributed by atoms with Gasteiger partial charge in [-0.25, -0.2) is 4.79 Å². The minimum Gasteiger partial charge on any atom is -0.497 e. The van der Waals surface area contributed by atoms with E-state index in [-0.39, 0.29) is 17.9 Å². The third kappa shape index (κ3) is 4.44. The Labute approximate surface area is 183 Å². The zero-order valence-electron chi connectivity index (χ0n) is 18.5. The molecule has 1 aromatic heterocycles. The van der Waals surface area contributed by atoms with E-state index in [1.165, 1.54) is 10.5 Å². The second-order valence-electron chi connectivity index (χ2n) is 8.76. The molecule has 0 spiro atoms. The number of aromatic nitrogens is 2. The van der Waals surface area contributed by atoms with Crippen LogP contribution >= 0.6 is 0 Å². The molecule has 4 rings (SSSR count). The van der Waals surface area contributed by atoms with Crippen molar-refractivity contribution in [2.75, 3.05) is 26.7 Å². The lowest BCUT2D eigenvalue weighted by Gasteiger charge is -2.38. The molecule has 31 heavy (non-hydrogen) atoms. The van der Waals surface area contributed by atoms with Crippen LogP contribution in [-0.2, 0) is 24.8 Å². The van der Waals surface area contributed by atoms with Gasteiger partial charge in [-0.15, -0.1) is 0 Å². The second-order valence-corrected chi connectivity index (χ2v) is 8.76. The average Bonchev–Trinajstić information content (AvgIpc) is 3.28. The number of carbonyl (C=O) groups is 2. The number of hydrogen-bond donors (Lipinski definition) is 1. The summed E-state index contributed by atoms with van der Waals surface area (Å²) >= 11 is 0. The molecular weight excluding hydrogens is 394 g/mol. The zero-order chi connectivity index (χ0) is 22.0. The van der Waals surface area contributed by atoms with Crippen molar-refractivity contribution >= 4 is 11.9 Å². The van der Waals surface area contributed by atoms with Crippen LogP contribution in [0.2, 0.25) is 0 Å². The molecule has 0 unspecified atom stereocenters. The van der Waals surface area contributed by atoms with Gasteiger partial charge in [0.1, 0.15) is 11.3 Å². The van der Waals surface area contributed by atoms with Gasteiger partial charge < -0.3 is 10.1 Å². The summed E-state index contributed by atoms with van der Waals surface area (Å²) in [6.07, 6.45) is 6.33. The van der Waals surface area contributed by atoms with Gasteiger partial charge in [0, 0.05) is 31.9 Å². The molecule has 166 valence electrons. The number of nitrogens with one attached hydrogen (secondary N) is 1. The van der Waals surface area contributed by atoms with Crippen LogP contribution in [0.1, 0.15) is 30.9 Å². The smallest absolute Gasteiger partial charge is 0.325 e. The van der Waals surface area contributed by atoms with Gasteiger partial charge in [0.25, 0.3) is 5.91 Å². The van der Waals surface area contributed by atoms with Crippen LogP contribution in [0.4, 0.5) is 4.79 Å². The van der Waals surface area contributed by atoms with E-state index in [0.717, 1.165) is 43.8 Å². The van der Waals surface area contributed by atoms with Gasteiger partial charge in [0.2, 0.25) is 0 Å². The molecule has 1 atom stereocenters. The van der Waals surface area contributed by atoms with E-state index in [1.807, 2.05) is 55.3 Å². The summed E-state index contributed by atoms with van der Waals surface area (Å²) in [6.45, 7) is 4.95. The first kappa shape index (κ1) is 21.4. The normalized spacial score (nSPS) is 22.7. The van der Waals surface area contributed by atoms with Crippen LogP contribution in [0.3, 0.4) is 0 Å². The lowest BCUT2D eigenvalue weighted by molar-refractivity contribution is -0.133. The number of imide groups is 1. The largest absolute Gasteiger partial charge is 0.497 e. The van der Waals surface area contributed by atoms with Crippen molar-refractivity contribution in [3.63, 3.8) is 0 Å². The van der Waals surface area contributed by atoms with Crippen molar-refractivity contribution in [1.82, 2.24) is 24.9 Å². The predicted molar refractivity (Wildman–Crippen MR) is 117 cm³/mol. The van der Waals surface area contributed by atoms with E-state index < -0.39 is 5.54 Å². The number of rotatable bonds is 7. The highest BCUT2D eigenvalue weighted by Crippen LogP contribution is 2.34. The van der Waals surface area contributed by atoms with Crippen molar-refractivity contribution in [2.45, 2.75) is 38.3 Å². The summed E-state index contributed by atoms with van der Waals surface area (Å²) in [5.74, 6) is 0.831. The van der Waals surface area contributed by atoms with E-state index in [2.05, 4.69) is 15.3 Å². The summed E-state index contributed by atoms with van der Waals surface area (Å²) in [4.78, 5) is 29.6. The Kier molecular flexibility index (Phi) is 6.00. The first-order valence-corrected chi connectivity index (χ1v) is 10.9. The summed E-state index contributed by atoms with van der Waals surface area (Å²) in [6, 6.07) is 7.44. The number of carbonyl (C=O) groups excluding carboxylic acids is 2. The molecule has 0 bridgehead atoms. The Morgan fingerprint density at radius 1 is 1.16 bits per heavy atom. The standard InChI is InChI=1S/C23H31N5O3/c1-23(19-9-11-27(12-10-19)16-18-14-24-26(2)15-18)21(29)28(22(30)25-23)13-8-17-4-6-20(31-3)7-5-17/h4-7,14-15,19H,8-13,16H2,1-3H3,(H,25,30)/t23-/m0/s1. The highest BCUT2D eigenvalue weighted by atomic mass is 16.5. The third-order valence-electron chi connectivity index (χ3n) is 6.65. The molecule has 8 heteroatoms. The van der Waals surface area contributed by atoms with Gasteiger partial charge in [-0.1, -0.05) is 12.1 Å². The van der Waals surface area contributed by atoms with Crippen LogP contribution < -0.4 is 10.1 Å². The minimum atomic E-state index is -0.822. The Hall–Kier alpha value is -2.87. The van der Waals surface area contributed by atoms with Crippen LogP contribution in [-0.4, -0.2) is 63.8 Å². The van der Waals surface area contributed by atoms with Gasteiger partial charge in [0.15, 0.2) is 0 Å². The first-order valence-electron chi connectivity index (χ1n) is 10.9. The fourth-order valence-corrected chi connectivity index (χ4v) is 4.71.